The molecule has 106 valence electrons. The van der Waals surface area contributed by atoms with Crippen molar-refractivity contribution in [3.8, 4) is 10.6 Å². The summed E-state index contributed by atoms with van der Waals surface area (Å²) in [4.78, 5) is 17.4. The highest BCUT2D eigenvalue weighted by Gasteiger charge is 2.16. The number of aromatic carboxylic acids is 1. The molecule has 2 heterocycles. The van der Waals surface area contributed by atoms with Crippen molar-refractivity contribution in [1.29, 1.82) is 0 Å². The van der Waals surface area contributed by atoms with E-state index in [4.69, 9.17) is 0 Å². The maximum absolute atomic E-state index is 13.4. The number of carbonyl (C=O) groups is 1. The Morgan fingerprint density at radius 2 is 1.90 bits per heavy atom. The first-order valence-electron chi connectivity index (χ1n) is 6.05. The molecule has 0 saturated heterocycles. The van der Waals surface area contributed by atoms with Gasteiger partial charge in [-0.25, -0.2) is 18.6 Å². The smallest absolute Gasteiger partial charge is 0.336 e. The Balaban J connectivity index is 2.34. The molecule has 6 heteroatoms. The van der Waals surface area contributed by atoms with E-state index in [2.05, 4.69) is 4.98 Å². The topological polar surface area (TPSA) is 50.2 Å². The van der Waals surface area contributed by atoms with Crippen LogP contribution in [0, 0.1) is 18.6 Å². The van der Waals surface area contributed by atoms with Crippen molar-refractivity contribution < 1.29 is 18.7 Å². The minimum atomic E-state index is -1.21. The van der Waals surface area contributed by atoms with Gasteiger partial charge in [0.1, 0.15) is 0 Å². The second-order valence-electron chi connectivity index (χ2n) is 4.55. The molecule has 0 fully saturated rings. The summed E-state index contributed by atoms with van der Waals surface area (Å²) < 4.78 is 26.7. The van der Waals surface area contributed by atoms with Gasteiger partial charge in [0.2, 0.25) is 0 Å². The summed E-state index contributed by atoms with van der Waals surface area (Å²) in [6.07, 6.45) is 0. The zero-order valence-corrected chi connectivity index (χ0v) is 11.7. The van der Waals surface area contributed by atoms with Crippen LogP contribution in [0.1, 0.15) is 15.2 Å². The number of rotatable bonds is 2. The van der Waals surface area contributed by atoms with Gasteiger partial charge in [-0.15, -0.1) is 11.3 Å². The Morgan fingerprint density at radius 1 is 1.19 bits per heavy atom. The molecule has 21 heavy (non-hydrogen) atoms. The predicted molar refractivity (Wildman–Crippen MR) is 76.7 cm³/mol. The molecule has 1 aromatic carbocycles. The minimum Gasteiger partial charge on any atom is -0.478 e. The first-order valence-corrected chi connectivity index (χ1v) is 6.87. The molecule has 0 aliphatic carbocycles. The summed E-state index contributed by atoms with van der Waals surface area (Å²) in [5.41, 5.74) is 0.457. The molecule has 0 aliphatic rings. The molecule has 1 N–H and O–H groups in total. The lowest BCUT2D eigenvalue weighted by Gasteiger charge is -2.06. The Labute approximate surface area is 122 Å². The average molecular weight is 305 g/mol. The van der Waals surface area contributed by atoms with Crippen LogP contribution < -0.4 is 0 Å². The van der Waals surface area contributed by atoms with E-state index in [-0.39, 0.29) is 16.5 Å². The lowest BCUT2D eigenvalue weighted by molar-refractivity contribution is 0.0699. The molecule has 0 amide bonds. The second-order valence-corrected chi connectivity index (χ2v) is 5.84. The van der Waals surface area contributed by atoms with Crippen LogP contribution >= 0.6 is 11.3 Å². The standard InChI is InChI=1S/C15H9F2NO2S/c1-7-2-3-14(21-7)13-5-9(15(19)20)8-4-10(16)11(17)6-12(8)18-13/h2-6H,1H3,(H,19,20). The van der Waals surface area contributed by atoms with Crippen molar-refractivity contribution in [2.45, 2.75) is 6.92 Å². The Morgan fingerprint density at radius 3 is 2.52 bits per heavy atom. The fourth-order valence-corrected chi connectivity index (χ4v) is 2.92. The number of carboxylic acid groups (broad SMARTS) is 1. The summed E-state index contributed by atoms with van der Waals surface area (Å²) in [5, 5.41) is 9.36. The zero-order valence-electron chi connectivity index (χ0n) is 10.9. The molecule has 0 bridgehead atoms. The number of nitrogens with zero attached hydrogens (tertiary/aromatic N) is 1. The third-order valence-corrected chi connectivity index (χ3v) is 4.10. The molecule has 0 radical (unpaired) electrons. The van der Waals surface area contributed by atoms with Gasteiger partial charge in [-0.1, -0.05) is 0 Å². The molecular formula is C15H9F2NO2S. The van der Waals surface area contributed by atoms with E-state index in [1.165, 1.54) is 17.4 Å². The molecule has 0 atom stereocenters. The van der Waals surface area contributed by atoms with Crippen LogP contribution in [0.3, 0.4) is 0 Å². The third kappa shape index (κ3) is 2.38. The predicted octanol–water partition coefficient (Wildman–Crippen LogP) is 4.25. The highest BCUT2D eigenvalue weighted by molar-refractivity contribution is 7.15. The van der Waals surface area contributed by atoms with Crippen LogP contribution in [0.5, 0.6) is 0 Å². The molecule has 0 spiro atoms. The van der Waals surface area contributed by atoms with Crippen molar-refractivity contribution >= 4 is 28.2 Å². The van der Waals surface area contributed by atoms with Crippen molar-refractivity contribution in [3.05, 3.63) is 52.4 Å². The van der Waals surface area contributed by atoms with Crippen molar-refractivity contribution in [2.24, 2.45) is 0 Å². The van der Waals surface area contributed by atoms with Crippen molar-refractivity contribution in [2.75, 3.05) is 0 Å². The van der Waals surface area contributed by atoms with Gasteiger partial charge in [-0.05, 0) is 31.2 Å². The highest BCUT2D eigenvalue weighted by Crippen LogP contribution is 2.30. The molecule has 2 aromatic heterocycles. The number of aryl methyl sites for hydroxylation is 1. The average Bonchev–Trinajstić information content (AvgIpc) is 2.85. The zero-order chi connectivity index (χ0) is 15.1. The van der Waals surface area contributed by atoms with E-state index < -0.39 is 17.6 Å². The maximum Gasteiger partial charge on any atom is 0.336 e. The van der Waals surface area contributed by atoms with Crippen molar-refractivity contribution in [1.82, 2.24) is 4.98 Å². The first kappa shape index (κ1) is 13.6. The van der Waals surface area contributed by atoms with Gasteiger partial charge >= 0.3 is 5.97 Å². The number of carboxylic acids is 1. The van der Waals surface area contributed by atoms with E-state index in [1.807, 2.05) is 19.1 Å². The minimum absolute atomic E-state index is 0.0819. The van der Waals surface area contributed by atoms with Gasteiger partial charge in [-0.2, -0.15) is 0 Å². The maximum atomic E-state index is 13.4. The lowest BCUT2D eigenvalue weighted by Crippen LogP contribution is -2.01. The number of thiophene rings is 1. The number of hydrogen-bond donors (Lipinski definition) is 1. The van der Waals surface area contributed by atoms with Gasteiger partial charge in [0, 0.05) is 16.3 Å². The normalized spacial score (nSPS) is 11.0. The number of halogens is 2. The Kier molecular flexibility index (Phi) is 3.17. The van der Waals surface area contributed by atoms with E-state index >= 15 is 0 Å². The van der Waals surface area contributed by atoms with Crippen molar-refractivity contribution in [3.63, 3.8) is 0 Å². The Hall–Kier alpha value is -2.34. The van der Waals surface area contributed by atoms with Crippen LogP contribution in [-0.4, -0.2) is 16.1 Å². The fourth-order valence-electron chi connectivity index (χ4n) is 2.10. The third-order valence-electron chi connectivity index (χ3n) is 3.07. The van der Waals surface area contributed by atoms with E-state index in [1.54, 1.807) is 0 Å². The largest absolute Gasteiger partial charge is 0.478 e. The van der Waals surface area contributed by atoms with Gasteiger partial charge in [0.25, 0.3) is 0 Å². The van der Waals surface area contributed by atoms with Crippen LogP contribution in [0.15, 0.2) is 30.3 Å². The summed E-state index contributed by atoms with van der Waals surface area (Å²) in [5.74, 6) is -3.35. The molecule has 0 saturated carbocycles. The number of fused-ring (bicyclic) bond motifs is 1. The lowest BCUT2D eigenvalue weighted by atomic mass is 10.1. The summed E-state index contributed by atoms with van der Waals surface area (Å²) in [7, 11) is 0. The molecule has 3 rings (SSSR count). The second kappa shape index (κ2) is 4.89. The Bertz CT molecular complexity index is 873. The van der Waals surface area contributed by atoms with E-state index in [0.29, 0.717) is 5.69 Å². The van der Waals surface area contributed by atoms with Crippen LogP contribution in [0.4, 0.5) is 8.78 Å². The first-order chi connectivity index (χ1) is 9.95. The molecule has 3 aromatic rings. The quantitative estimate of drug-likeness (QED) is 0.770. The summed E-state index contributed by atoms with van der Waals surface area (Å²) >= 11 is 1.45. The van der Waals surface area contributed by atoms with Gasteiger partial charge in [0.15, 0.2) is 11.6 Å². The van der Waals surface area contributed by atoms with Gasteiger partial charge in [0.05, 0.1) is 21.7 Å². The SMILES string of the molecule is Cc1ccc(-c2cc(C(=O)O)c3cc(F)c(F)cc3n2)s1. The number of hydrogen-bond acceptors (Lipinski definition) is 3. The molecule has 0 unspecified atom stereocenters. The van der Waals surface area contributed by atoms with Crippen LogP contribution in [-0.2, 0) is 0 Å². The summed E-state index contributed by atoms with van der Waals surface area (Å²) in [6, 6.07) is 6.87. The summed E-state index contributed by atoms with van der Waals surface area (Å²) in [6.45, 7) is 1.92. The van der Waals surface area contributed by atoms with Crippen LogP contribution in [0.2, 0.25) is 0 Å². The monoisotopic (exact) mass is 305 g/mol. The van der Waals surface area contributed by atoms with Gasteiger partial charge < -0.3 is 5.11 Å². The molecule has 3 nitrogen and oxygen atoms in total. The highest BCUT2D eigenvalue weighted by atomic mass is 32.1. The molecular weight excluding hydrogens is 296 g/mol. The van der Waals surface area contributed by atoms with Crippen LogP contribution in [0.25, 0.3) is 21.5 Å². The van der Waals surface area contributed by atoms with Gasteiger partial charge in [-0.3, -0.25) is 0 Å². The number of aromatic nitrogens is 1. The fraction of sp³-hybridized carbons (Fsp3) is 0.0667. The number of benzene rings is 1. The van der Waals surface area contributed by atoms with E-state index in [9.17, 15) is 18.7 Å². The number of pyridine rings is 1. The molecule has 0 aliphatic heterocycles. The van der Waals surface area contributed by atoms with E-state index in [0.717, 1.165) is 21.9 Å².